The third-order valence-corrected chi connectivity index (χ3v) is 5.30. The summed E-state index contributed by atoms with van der Waals surface area (Å²) in [6, 6.07) is 13.9. The molecule has 29 heavy (non-hydrogen) atoms. The second-order valence-corrected chi connectivity index (χ2v) is 7.21. The van der Waals surface area contributed by atoms with Crippen LogP contribution in [0.5, 0.6) is 11.5 Å². The van der Waals surface area contributed by atoms with Crippen LogP contribution in [0.25, 0.3) is 10.9 Å². The van der Waals surface area contributed by atoms with Crippen molar-refractivity contribution in [2.24, 2.45) is 0 Å². The Bertz CT molecular complexity index is 948. The van der Waals surface area contributed by atoms with E-state index in [-0.39, 0.29) is 11.8 Å². The maximum absolute atomic E-state index is 12.8. The first kappa shape index (κ1) is 20.8. The van der Waals surface area contributed by atoms with Gasteiger partial charge in [0.15, 0.2) is 0 Å². The lowest BCUT2D eigenvalue weighted by Crippen LogP contribution is -2.26. The normalized spacial score (nSPS) is 12.0. The van der Waals surface area contributed by atoms with E-state index < -0.39 is 0 Å². The highest BCUT2D eigenvalue weighted by Gasteiger charge is 2.24. The van der Waals surface area contributed by atoms with Gasteiger partial charge in [-0.25, -0.2) is 0 Å². The van der Waals surface area contributed by atoms with E-state index in [1.165, 1.54) is 0 Å². The van der Waals surface area contributed by atoms with E-state index in [0.717, 1.165) is 52.8 Å². The Labute approximate surface area is 172 Å². The largest absolute Gasteiger partial charge is 0.497 e. The van der Waals surface area contributed by atoms with Crippen molar-refractivity contribution in [3.05, 3.63) is 59.8 Å². The molecule has 0 aliphatic rings. The van der Waals surface area contributed by atoms with E-state index in [1.807, 2.05) is 42.6 Å². The van der Waals surface area contributed by atoms with Crippen molar-refractivity contribution in [3.8, 4) is 11.5 Å². The number of H-pyrrole nitrogens is 1. The molecule has 154 valence electrons. The quantitative estimate of drug-likeness (QED) is 0.475. The average molecular weight is 395 g/mol. The van der Waals surface area contributed by atoms with Gasteiger partial charge in [-0.05, 0) is 24.1 Å². The molecule has 0 aliphatic heterocycles. The van der Waals surface area contributed by atoms with E-state index in [9.17, 15) is 4.79 Å². The second kappa shape index (κ2) is 10.0. The zero-order valence-electron chi connectivity index (χ0n) is 17.5. The monoisotopic (exact) mass is 394 g/mol. The number of unbranched alkanes of at least 4 members (excludes halogenated alkanes) is 2. The lowest BCUT2D eigenvalue weighted by atomic mass is 9.87. The summed E-state index contributed by atoms with van der Waals surface area (Å²) in [5.41, 5.74) is 3.12. The number of benzene rings is 2. The first-order chi connectivity index (χ1) is 14.2. The Morgan fingerprint density at radius 3 is 2.66 bits per heavy atom. The summed E-state index contributed by atoms with van der Waals surface area (Å²) in [4.78, 5) is 16.1. The molecule has 2 N–H and O–H groups in total. The van der Waals surface area contributed by atoms with Crippen molar-refractivity contribution in [3.63, 3.8) is 0 Å². The maximum Gasteiger partial charge on any atom is 0.220 e. The molecule has 0 spiro atoms. The number of fused-ring (bicyclic) bond motifs is 1. The number of hydrogen-bond acceptors (Lipinski definition) is 3. The van der Waals surface area contributed by atoms with Gasteiger partial charge < -0.3 is 19.8 Å². The number of ether oxygens (including phenoxy) is 2. The van der Waals surface area contributed by atoms with Gasteiger partial charge in [0.05, 0.1) is 14.2 Å². The topological polar surface area (TPSA) is 63.4 Å². The van der Waals surface area contributed by atoms with Gasteiger partial charge in [-0.1, -0.05) is 44.0 Å². The van der Waals surface area contributed by atoms with Crippen LogP contribution in [0.15, 0.2) is 48.7 Å². The van der Waals surface area contributed by atoms with Crippen molar-refractivity contribution in [2.45, 2.75) is 38.5 Å². The van der Waals surface area contributed by atoms with Gasteiger partial charge in [0.1, 0.15) is 11.5 Å². The van der Waals surface area contributed by atoms with Crippen molar-refractivity contribution < 1.29 is 14.3 Å². The summed E-state index contributed by atoms with van der Waals surface area (Å²) in [7, 11) is 3.28. The minimum atomic E-state index is -0.127. The second-order valence-electron chi connectivity index (χ2n) is 7.21. The highest BCUT2D eigenvalue weighted by Crippen LogP contribution is 2.39. The minimum Gasteiger partial charge on any atom is -0.497 e. The zero-order chi connectivity index (χ0) is 20.6. The van der Waals surface area contributed by atoms with Gasteiger partial charge in [-0.3, -0.25) is 4.79 Å². The Hall–Kier alpha value is -2.95. The van der Waals surface area contributed by atoms with Crippen LogP contribution >= 0.6 is 0 Å². The third kappa shape index (κ3) is 4.91. The Morgan fingerprint density at radius 2 is 1.90 bits per heavy atom. The number of amides is 1. The first-order valence-corrected chi connectivity index (χ1v) is 10.2. The summed E-state index contributed by atoms with van der Waals surface area (Å²) in [6.07, 6.45) is 5.63. The summed E-state index contributed by atoms with van der Waals surface area (Å²) < 4.78 is 11.0. The molecule has 0 bridgehead atoms. The molecule has 3 aromatic rings. The molecule has 0 aliphatic carbocycles. The fraction of sp³-hybridized carbons (Fsp3) is 0.375. The Balaban J connectivity index is 1.95. The molecule has 1 aromatic heterocycles. The molecule has 2 aromatic carbocycles. The fourth-order valence-corrected chi connectivity index (χ4v) is 3.74. The zero-order valence-corrected chi connectivity index (χ0v) is 17.5. The van der Waals surface area contributed by atoms with Crippen LogP contribution in [0.3, 0.4) is 0 Å². The van der Waals surface area contributed by atoms with Gasteiger partial charge in [-0.15, -0.1) is 0 Å². The number of aromatic nitrogens is 1. The summed E-state index contributed by atoms with van der Waals surface area (Å²) in [5, 5.41) is 4.19. The minimum absolute atomic E-state index is 0.0502. The summed E-state index contributed by atoms with van der Waals surface area (Å²) in [6.45, 7) is 2.87. The lowest BCUT2D eigenvalue weighted by molar-refractivity contribution is -0.121. The van der Waals surface area contributed by atoms with E-state index in [1.54, 1.807) is 14.2 Å². The molecular formula is C24H30N2O3. The number of carbonyl (C=O) groups excluding carboxylic acids is 1. The lowest BCUT2D eigenvalue weighted by Gasteiger charge is -2.20. The van der Waals surface area contributed by atoms with Crippen LogP contribution in [0, 0.1) is 0 Å². The third-order valence-electron chi connectivity index (χ3n) is 5.30. The number of hydrogen-bond donors (Lipinski definition) is 2. The van der Waals surface area contributed by atoms with Crippen LogP contribution in [-0.4, -0.2) is 31.7 Å². The molecule has 5 heteroatoms. The highest BCUT2D eigenvalue weighted by atomic mass is 16.5. The SMILES string of the molecule is CCCCCNC(=O)C[C@@H](c1ccc(OC)cc1OC)c1c[nH]c2ccccc12. The van der Waals surface area contributed by atoms with Crippen LogP contribution in [0.4, 0.5) is 0 Å². The molecule has 1 heterocycles. The van der Waals surface area contributed by atoms with Crippen LogP contribution < -0.4 is 14.8 Å². The Kier molecular flexibility index (Phi) is 7.17. The van der Waals surface area contributed by atoms with Gasteiger partial charge in [-0.2, -0.15) is 0 Å². The van der Waals surface area contributed by atoms with Crippen molar-refractivity contribution in [1.29, 1.82) is 0 Å². The molecule has 5 nitrogen and oxygen atoms in total. The van der Waals surface area contributed by atoms with Gasteiger partial charge in [0.25, 0.3) is 0 Å². The van der Waals surface area contributed by atoms with Gasteiger partial charge >= 0.3 is 0 Å². The number of methoxy groups -OCH3 is 2. The van der Waals surface area contributed by atoms with Gasteiger partial charge in [0, 0.05) is 47.6 Å². The predicted molar refractivity (Wildman–Crippen MR) is 117 cm³/mol. The molecule has 1 amide bonds. The number of aromatic amines is 1. The Morgan fingerprint density at radius 1 is 1.07 bits per heavy atom. The van der Waals surface area contributed by atoms with Crippen molar-refractivity contribution >= 4 is 16.8 Å². The van der Waals surface area contributed by atoms with E-state index in [2.05, 4.69) is 23.3 Å². The molecule has 0 saturated heterocycles. The van der Waals surface area contributed by atoms with E-state index in [4.69, 9.17) is 9.47 Å². The van der Waals surface area contributed by atoms with Gasteiger partial charge in [0.2, 0.25) is 5.91 Å². The highest BCUT2D eigenvalue weighted by molar-refractivity contribution is 5.86. The van der Waals surface area contributed by atoms with E-state index in [0.29, 0.717) is 13.0 Å². The number of para-hydroxylation sites is 1. The number of nitrogens with one attached hydrogen (secondary N) is 2. The van der Waals surface area contributed by atoms with Crippen molar-refractivity contribution in [1.82, 2.24) is 10.3 Å². The molecular weight excluding hydrogens is 364 g/mol. The van der Waals surface area contributed by atoms with Crippen LogP contribution in [0.2, 0.25) is 0 Å². The number of carbonyl (C=O) groups is 1. The smallest absolute Gasteiger partial charge is 0.220 e. The molecule has 1 atom stereocenters. The number of rotatable bonds is 10. The molecule has 0 fully saturated rings. The van der Waals surface area contributed by atoms with Crippen molar-refractivity contribution in [2.75, 3.05) is 20.8 Å². The predicted octanol–water partition coefficient (Wildman–Crippen LogP) is 5.01. The fourth-order valence-electron chi connectivity index (χ4n) is 3.74. The van der Waals surface area contributed by atoms with E-state index >= 15 is 0 Å². The van der Waals surface area contributed by atoms with Crippen LogP contribution in [-0.2, 0) is 4.79 Å². The molecule has 0 radical (unpaired) electrons. The molecule has 0 unspecified atom stereocenters. The molecule has 0 saturated carbocycles. The molecule has 3 rings (SSSR count). The summed E-state index contributed by atoms with van der Waals surface area (Å²) in [5.74, 6) is 1.37. The average Bonchev–Trinajstić information content (AvgIpc) is 3.18. The standard InChI is InChI=1S/C24H30N2O3/c1-4-5-8-13-25-24(27)15-20(19-12-11-17(28-2)14-23(19)29-3)21-16-26-22-10-7-6-9-18(21)22/h6-7,9-12,14,16,20,26H,4-5,8,13,15H2,1-3H3,(H,25,27)/t20-/m0/s1. The first-order valence-electron chi connectivity index (χ1n) is 10.2. The summed E-state index contributed by atoms with van der Waals surface area (Å²) >= 11 is 0. The van der Waals surface area contributed by atoms with Crippen LogP contribution in [0.1, 0.15) is 49.7 Å². The maximum atomic E-state index is 12.8.